The van der Waals surface area contributed by atoms with E-state index in [1.807, 2.05) is 30.3 Å². The topological polar surface area (TPSA) is 144 Å². The van der Waals surface area contributed by atoms with Crippen molar-refractivity contribution in [3.05, 3.63) is 92.5 Å². The van der Waals surface area contributed by atoms with Gasteiger partial charge in [-0.1, -0.05) is 53.5 Å². The van der Waals surface area contributed by atoms with Gasteiger partial charge in [-0.3, -0.25) is 10.3 Å². The zero-order valence-corrected chi connectivity index (χ0v) is 31.5. The zero-order chi connectivity index (χ0) is 37.5. The fraction of sp³-hybridized carbons (Fsp3) is 0.390. The summed E-state index contributed by atoms with van der Waals surface area (Å²) in [7, 11) is 1.58. The highest BCUT2D eigenvalue weighted by Gasteiger charge is 2.30. The molecule has 2 aromatic carbocycles. The molecule has 3 aliphatic rings. The standard InChI is InChI=1S/C41H42Cl2N6O5/c1-52-40-24(21-48-15-12-27(51)23-48)18-34(42)41(46-40)54-35-9-8-29-28(4-2-5-30(29)35)31-6-3-7-32(37(31)43)36-19-33-38(53-36)25(20-44)22-49(39(33)45)17-16-47-13-10-26(50)11-14-47/h2-7,18-19,22,26-27,35,45,50-51H,8-17,21,23H2,1H3/t27-,35+/m1/s1. The monoisotopic (exact) mass is 768 g/mol. The molecule has 5 heterocycles. The number of rotatable bonds is 10. The van der Waals surface area contributed by atoms with Gasteiger partial charge in [-0.05, 0) is 67.0 Å². The van der Waals surface area contributed by atoms with E-state index in [4.69, 9.17) is 42.5 Å². The van der Waals surface area contributed by atoms with Gasteiger partial charge in [0, 0.05) is 68.7 Å². The van der Waals surface area contributed by atoms with Crippen LogP contribution in [-0.2, 0) is 19.5 Å². The maximum Gasteiger partial charge on any atom is 0.236 e. The summed E-state index contributed by atoms with van der Waals surface area (Å²) in [4.78, 5) is 9.09. The number of β-amino-alcohol motifs (C(OH)–C–C–N with tert-alkyl or cyclic N) is 1. The number of aliphatic hydroxyl groups excluding tert-OH is 2. The maximum absolute atomic E-state index is 10.1. The molecule has 13 heteroatoms. The van der Waals surface area contributed by atoms with Gasteiger partial charge in [-0.15, -0.1) is 0 Å². The van der Waals surface area contributed by atoms with E-state index in [1.165, 1.54) is 0 Å². The van der Waals surface area contributed by atoms with Crippen LogP contribution in [0, 0.1) is 16.7 Å². The predicted molar refractivity (Wildman–Crippen MR) is 206 cm³/mol. The first kappa shape index (κ1) is 36.6. The largest absolute Gasteiger partial charge is 0.481 e. The average Bonchev–Trinajstić information content (AvgIpc) is 3.92. The van der Waals surface area contributed by atoms with Crippen LogP contribution < -0.4 is 15.0 Å². The molecular weight excluding hydrogens is 727 g/mol. The molecule has 11 nitrogen and oxygen atoms in total. The first-order valence-electron chi connectivity index (χ1n) is 18.4. The van der Waals surface area contributed by atoms with Crippen LogP contribution >= 0.6 is 23.2 Å². The molecule has 0 saturated carbocycles. The molecule has 0 unspecified atom stereocenters. The highest BCUT2D eigenvalue weighted by Crippen LogP contribution is 2.45. The van der Waals surface area contributed by atoms with Crippen molar-refractivity contribution < 1.29 is 24.1 Å². The van der Waals surface area contributed by atoms with E-state index in [2.05, 4.69) is 33.0 Å². The molecule has 5 aromatic rings. The van der Waals surface area contributed by atoms with E-state index in [0.29, 0.717) is 69.3 Å². The second-order valence-electron chi connectivity index (χ2n) is 14.4. The third-order valence-corrected chi connectivity index (χ3v) is 11.7. The van der Waals surface area contributed by atoms with E-state index in [0.717, 1.165) is 86.1 Å². The number of hydrogen-bond donors (Lipinski definition) is 3. The number of benzene rings is 2. The molecule has 3 N–H and O–H groups in total. The lowest BCUT2D eigenvalue weighted by Gasteiger charge is -2.29. The normalized spacial score (nSPS) is 19.3. The Bertz CT molecular complexity index is 2310. The molecule has 2 saturated heterocycles. The van der Waals surface area contributed by atoms with Crippen LogP contribution in [-0.4, -0.2) is 81.6 Å². The van der Waals surface area contributed by atoms with E-state index in [9.17, 15) is 15.5 Å². The number of aromatic nitrogens is 2. The summed E-state index contributed by atoms with van der Waals surface area (Å²) in [5, 5.41) is 40.4. The molecule has 2 atom stereocenters. The predicted octanol–water partition coefficient (Wildman–Crippen LogP) is 6.72. The summed E-state index contributed by atoms with van der Waals surface area (Å²) in [5.41, 5.74) is 6.49. The Balaban J connectivity index is 1.06. The summed E-state index contributed by atoms with van der Waals surface area (Å²) < 4.78 is 20.2. The summed E-state index contributed by atoms with van der Waals surface area (Å²) in [6, 6.07) is 17.9. The fourth-order valence-electron chi connectivity index (χ4n) is 8.10. The Hall–Kier alpha value is -4.41. The number of methoxy groups -OCH3 is 1. The van der Waals surface area contributed by atoms with Crippen molar-refractivity contribution in [2.75, 3.05) is 39.8 Å². The van der Waals surface area contributed by atoms with Gasteiger partial charge in [-0.2, -0.15) is 10.2 Å². The van der Waals surface area contributed by atoms with Gasteiger partial charge in [0.05, 0.1) is 29.7 Å². The number of halogens is 2. The van der Waals surface area contributed by atoms with Crippen LogP contribution in [0.1, 0.15) is 54.0 Å². The SMILES string of the molecule is COc1nc(O[C@H]2CCc3c(-c4cccc(-c5cc6c(=N)n(CCN7CCC(O)CC7)cc(C#N)c6o5)c4Cl)cccc32)c(Cl)cc1CN1CC[C@@H](O)C1. The smallest absolute Gasteiger partial charge is 0.236 e. The van der Waals surface area contributed by atoms with Gasteiger partial charge < -0.3 is 33.6 Å². The minimum atomic E-state index is -0.322. The van der Waals surface area contributed by atoms with Crippen molar-refractivity contribution in [2.45, 2.75) is 63.5 Å². The lowest BCUT2D eigenvalue weighted by molar-refractivity contribution is 0.0808. The molecule has 280 valence electrons. The highest BCUT2D eigenvalue weighted by atomic mass is 35.5. The number of nitriles is 1. The van der Waals surface area contributed by atoms with Crippen LogP contribution in [0.25, 0.3) is 33.4 Å². The molecule has 0 radical (unpaired) electrons. The molecule has 0 bridgehead atoms. The molecule has 0 spiro atoms. The Labute approximate surface area is 323 Å². The highest BCUT2D eigenvalue weighted by molar-refractivity contribution is 6.36. The molecule has 0 amide bonds. The number of hydrogen-bond acceptors (Lipinski definition) is 10. The van der Waals surface area contributed by atoms with Crippen LogP contribution in [0.4, 0.5) is 0 Å². The first-order chi connectivity index (χ1) is 26.2. The van der Waals surface area contributed by atoms with Crippen LogP contribution in [0.3, 0.4) is 0 Å². The Kier molecular flexibility index (Phi) is 10.4. The third-order valence-electron chi connectivity index (χ3n) is 11.0. The molecular formula is C41H42Cl2N6O5. The van der Waals surface area contributed by atoms with Gasteiger partial charge in [0.1, 0.15) is 34.0 Å². The quantitative estimate of drug-likeness (QED) is 0.141. The van der Waals surface area contributed by atoms with Crippen molar-refractivity contribution in [1.29, 1.82) is 10.7 Å². The van der Waals surface area contributed by atoms with E-state index in [-0.39, 0.29) is 23.8 Å². The third kappa shape index (κ3) is 7.10. The first-order valence-corrected chi connectivity index (χ1v) is 19.2. The molecule has 2 fully saturated rings. The Morgan fingerprint density at radius 2 is 1.69 bits per heavy atom. The van der Waals surface area contributed by atoms with Crippen molar-refractivity contribution in [3.63, 3.8) is 0 Å². The minimum absolute atomic E-state index is 0.246. The Morgan fingerprint density at radius 3 is 2.44 bits per heavy atom. The van der Waals surface area contributed by atoms with Crippen molar-refractivity contribution in [2.24, 2.45) is 0 Å². The van der Waals surface area contributed by atoms with Gasteiger partial charge in [-0.25, -0.2) is 0 Å². The number of piperidine rings is 1. The zero-order valence-electron chi connectivity index (χ0n) is 30.0. The maximum atomic E-state index is 10.1. The molecule has 1 aliphatic carbocycles. The van der Waals surface area contributed by atoms with E-state index >= 15 is 0 Å². The number of likely N-dealkylation sites (tertiary alicyclic amines) is 2. The van der Waals surface area contributed by atoms with Crippen LogP contribution in [0.2, 0.25) is 10.0 Å². The van der Waals surface area contributed by atoms with Gasteiger partial charge in [0.15, 0.2) is 5.58 Å². The van der Waals surface area contributed by atoms with Crippen molar-refractivity contribution in [3.8, 4) is 40.3 Å². The van der Waals surface area contributed by atoms with E-state index in [1.54, 1.807) is 23.9 Å². The number of ether oxygens (including phenoxy) is 2. The summed E-state index contributed by atoms with van der Waals surface area (Å²) in [6.07, 6.45) is 4.56. The molecule has 54 heavy (non-hydrogen) atoms. The number of nitrogens with one attached hydrogen (secondary N) is 1. The summed E-state index contributed by atoms with van der Waals surface area (Å²) >= 11 is 14.0. The summed E-state index contributed by atoms with van der Waals surface area (Å²) in [5.74, 6) is 1.24. The number of aliphatic hydroxyl groups is 2. The lowest BCUT2D eigenvalue weighted by atomic mass is 9.95. The average molecular weight is 770 g/mol. The molecule has 2 aliphatic heterocycles. The fourth-order valence-corrected chi connectivity index (χ4v) is 8.64. The number of nitrogens with zero attached hydrogens (tertiary/aromatic N) is 5. The van der Waals surface area contributed by atoms with Crippen molar-refractivity contribution >= 4 is 34.2 Å². The number of pyridine rings is 2. The summed E-state index contributed by atoms with van der Waals surface area (Å²) in [6.45, 7) is 4.87. The minimum Gasteiger partial charge on any atom is -0.481 e. The lowest BCUT2D eigenvalue weighted by Crippen LogP contribution is -2.38. The van der Waals surface area contributed by atoms with Crippen LogP contribution in [0.5, 0.6) is 11.8 Å². The van der Waals surface area contributed by atoms with Gasteiger partial charge in [0.25, 0.3) is 0 Å². The number of fused-ring (bicyclic) bond motifs is 2. The van der Waals surface area contributed by atoms with Crippen LogP contribution in [0.15, 0.2) is 59.1 Å². The Morgan fingerprint density at radius 1 is 0.944 bits per heavy atom. The van der Waals surface area contributed by atoms with E-state index < -0.39 is 0 Å². The van der Waals surface area contributed by atoms with Gasteiger partial charge >= 0.3 is 0 Å². The second-order valence-corrected chi connectivity index (χ2v) is 15.2. The number of furan rings is 1. The molecule has 3 aromatic heterocycles. The van der Waals surface area contributed by atoms with Crippen molar-refractivity contribution in [1.82, 2.24) is 19.4 Å². The second kappa shape index (κ2) is 15.4. The van der Waals surface area contributed by atoms with Gasteiger partial charge in [0.2, 0.25) is 11.8 Å². The molecule has 8 rings (SSSR count).